The summed E-state index contributed by atoms with van der Waals surface area (Å²) in [6.45, 7) is 1.90. The number of benzene rings is 4. The third-order valence-corrected chi connectivity index (χ3v) is 6.40. The maximum atomic E-state index is 9.97. The molecule has 204 valence electrons. The third kappa shape index (κ3) is 7.31. The Morgan fingerprint density at radius 1 is 0.643 bits per heavy atom. The fourth-order valence-electron chi connectivity index (χ4n) is 3.96. The van der Waals surface area contributed by atoms with Gasteiger partial charge in [-0.1, -0.05) is 89.9 Å². The summed E-state index contributed by atoms with van der Waals surface area (Å²) in [5.41, 5.74) is 1.72. The van der Waals surface area contributed by atoms with Gasteiger partial charge >= 0.3 is 0 Å². The molecule has 4 aromatic carbocycles. The van der Waals surface area contributed by atoms with Gasteiger partial charge < -0.3 is 10.2 Å². The van der Waals surface area contributed by atoms with Gasteiger partial charge in [-0.15, -0.1) is 20.5 Å². The van der Waals surface area contributed by atoms with Crippen molar-refractivity contribution in [3.05, 3.63) is 119 Å². The minimum atomic E-state index is 0. The molecule has 2 aromatic heterocycles. The molecular weight excluding hydrogens is 625 g/mol. The monoisotopic (exact) mass is 644 g/mol. The maximum absolute atomic E-state index is 9.97. The number of phenols is 2. The Kier molecular flexibility index (Phi) is 10.3. The Hall–Kier alpha value is -4.30. The van der Waals surface area contributed by atoms with Crippen LogP contribution in [0.1, 0.15) is 5.69 Å². The third-order valence-electron chi connectivity index (χ3n) is 5.92. The van der Waals surface area contributed by atoms with Gasteiger partial charge in [-0.05, 0) is 48.0 Å². The number of rotatable bonds is 4. The molecule has 0 aliphatic heterocycles. The van der Waals surface area contributed by atoms with Crippen molar-refractivity contribution in [2.24, 2.45) is 20.5 Å². The first kappa shape index (κ1) is 30.7. The first-order chi connectivity index (χ1) is 19.9. The molecule has 6 aromatic rings. The standard InChI is InChI=1S/C16H13N3O.C15H9Cl2N3O.Zn/c1-11-5-4-8-15(17-11)18-19-16-13-7-3-2-6-12(13)9-10-14(16)20;16-10-7-12(17)15(18-8-10)20-19-14-11-4-2-1-3-9(11)5-6-13(14)21;/h2-10,20H,1H3;1-8,21H;. The van der Waals surface area contributed by atoms with Crippen LogP contribution >= 0.6 is 23.2 Å². The van der Waals surface area contributed by atoms with Gasteiger partial charge in [-0.2, -0.15) is 0 Å². The van der Waals surface area contributed by atoms with Crippen molar-refractivity contribution in [1.82, 2.24) is 9.97 Å². The van der Waals surface area contributed by atoms with Crippen LogP contribution < -0.4 is 0 Å². The molecule has 2 N–H and O–H groups in total. The van der Waals surface area contributed by atoms with Crippen molar-refractivity contribution < 1.29 is 29.7 Å². The number of halogens is 2. The van der Waals surface area contributed by atoms with E-state index >= 15 is 0 Å². The SMILES string of the molecule is Cc1cccc(N=Nc2c(O)ccc3ccccc23)n1.Oc1ccc2ccccc2c1N=Nc1ncc(Cl)cc1Cl.[Zn]. The molecule has 0 bridgehead atoms. The normalized spacial score (nSPS) is 11.0. The maximum Gasteiger partial charge on any atom is 0.193 e. The Labute approximate surface area is 264 Å². The van der Waals surface area contributed by atoms with Crippen molar-refractivity contribution in [1.29, 1.82) is 0 Å². The van der Waals surface area contributed by atoms with E-state index in [1.807, 2.05) is 79.7 Å². The van der Waals surface area contributed by atoms with E-state index in [0.29, 0.717) is 27.2 Å². The molecule has 0 aliphatic carbocycles. The van der Waals surface area contributed by atoms with Crippen LogP contribution in [0.25, 0.3) is 21.5 Å². The summed E-state index contributed by atoms with van der Waals surface area (Å²) < 4.78 is 0. The van der Waals surface area contributed by atoms with Crippen molar-refractivity contribution in [2.75, 3.05) is 0 Å². The minimum absolute atomic E-state index is 0. The average molecular weight is 647 g/mol. The van der Waals surface area contributed by atoms with Gasteiger partial charge in [0.25, 0.3) is 0 Å². The summed E-state index contributed by atoms with van der Waals surface area (Å²) in [5.74, 6) is 0.924. The molecule has 8 nitrogen and oxygen atoms in total. The zero-order chi connectivity index (χ0) is 28.8. The van der Waals surface area contributed by atoms with E-state index in [1.54, 1.807) is 18.2 Å². The number of aromatic hydroxyl groups is 2. The molecule has 42 heavy (non-hydrogen) atoms. The van der Waals surface area contributed by atoms with Crippen molar-refractivity contribution in [2.45, 2.75) is 6.92 Å². The van der Waals surface area contributed by atoms with Crippen LogP contribution in [0.5, 0.6) is 11.5 Å². The van der Waals surface area contributed by atoms with Crippen LogP contribution in [0.2, 0.25) is 10.0 Å². The van der Waals surface area contributed by atoms with Crippen LogP contribution in [-0.4, -0.2) is 20.2 Å². The molecule has 0 saturated carbocycles. The minimum Gasteiger partial charge on any atom is -0.506 e. The summed E-state index contributed by atoms with van der Waals surface area (Å²) in [4.78, 5) is 8.25. The number of fused-ring (bicyclic) bond motifs is 2. The second-order valence-electron chi connectivity index (χ2n) is 8.80. The molecule has 0 spiro atoms. The van der Waals surface area contributed by atoms with E-state index in [-0.39, 0.29) is 36.8 Å². The predicted molar refractivity (Wildman–Crippen MR) is 163 cm³/mol. The van der Waals surface area contributed by atoms with Crippen LogP contribution in [0.4, 0.5) is 23.0 Å². The van der Waals surface area contributed by atoms with Crippen LogP contribution in [-0.2, 0) is 19.5 Å². The van der Waals surface area contributed by atoms with Gasteiger partial charge in [0.05, 0.1) is 10.0 Å². The van der Waals surface area contributed by atoms with Crippen LogP contribution in [0, 0.1) is 6.92 Å². The van der Waals surface area contributed by atoms with Gasteiger partial charge in [0.15, 0.2) is 11.6 Å². The molecule has 11 heteroatoms. The van der Waals surface area contributed by atoms with Crippen LogP contribution in [0.3, 0.4) is 0 Å². The van der Waals surface area contributed by atoms with E-state index < -0.39 is 0 Å². The summed E-state index contributed by atoms with van der Waals surface area (Å²) in [7, 11) is 0. The molecule has 0 radical (unpaired) electrons. The number of pyridine rings is 2. The summed E-state index contributed by atoms with van der Waals surface area (Å²) in [6, 6.07) is 29.3. The van der Waals surface area contributed by atoms with Crippen LogP contribution in [0.15, 0.2) is 124 Å². The van der Waals surface area contributed by atoms with Gasteiger partial charge in [0.1, 0.15) is 22.9 Å². The van der Waals surface area contributed by atoms with E-state index in [4.69, 9.17) is 23.2 Å². The fourth-order valence-corrected chi connectivity index (χ4v) is 4.38. The Balaban J connectivity index is 0.000000189. The molecule has 0 amide bonds. The van der Waals surface area contributed by atoms with E-state index in [0.717, 1.165) is 27.2 Å². The molecule has 0 aliphatic rings. The van der Waals surface area contributed by atoms with E-state index in [9.17, 15) is 10.2 Å². The Bertz CT molecular complexity index is 1930. The van der Waals surface area contributed by atoms with E-state index in [1.165, 1.54) is 12.3 Å². The largest absolute Gasteiger partial charge is 0.506 e. The van der Waals surface area contributed by atoms with Gasteiger partial charge in [0, 0.05) is 42.1 Å². The molecular formula is C31H22Cl2N6O2Zn. The van der Waals surface area contributed by atoms with Gasteiger partial charge in [-0.3, -0.25) is 0 Å². The second kappa shape index (κ2) is 14.1. The predicted octanol–water partition coefficient (Wildman–Crippen LogP) is 10.3. The summed E-state index contributed by atoms with van der Waals surface area (Å²) in [6.07, 6.45) is 1.44. The smallest absolute Gasteiger partial charge is 0.193 e. The van der Waals surface area contributed by atoms with E-state index in [2.05, 4.69) is 30.4 Å². The molecule has 2 heterocycles. The number of hydrogen-bond donors (Lipinski definition) is 2. The Morgan fingerprint density at radius 3 is 1.79 bits per heavy atom. The molecule has 0 atom stereocenters. The first-order valence-corrected chi connectivity index (χ1v) is 13.1. The van der Waals surface area contributed by atoms with Gasteiger partial charge in [0.2, 0.25) is 0 Å². The molecule has 6 rings (SSSR count). The number of phenolic OH excluding ortho intramolecular Hbond substituents is 2. The first-order valence-electron chi connectivity index (χ1n) is 12.4. The number of aromatic nitrogens is 2. The topological polar surface area (TPSA) is 116 Å². The summed E-state index contributed by atoms with van der Waals surface area (Å²) in [5, 5.41) is 40.6. The average Bonchev–Trinajstić information content (AvgIpc) is 2.97. The van der Waals surface area contributed by atoms with Crippen molar-refractivity contribution in [3.8, 4) is 11.5 Å². The van der Waals surface area contributed by atoms with Gasteiger partial charge in [-0.25, -0.2) is 9.97 Å². The number of azo groups is 2. The molecule has 0 saturated heterocycles. The fraction of sp³-hybridized carbons (Fsp3) is 0.0323. The number of hydrogen-bond acceptors (Lipinski definition) is 8. The van der Waals surface area contributed by atoms with Crippen molar-refractivity contribution >= 4 is 67.8 Å². The molecule has 0 unspecified atom stereocenters. The molecule has 0 fully saturated rings. The zero-order valence-corrected chi connectivity index (χ0v) is 26.8. The van der Waals surface area contributed by atoms with Crippen molar-refractivity contribution in [3.63, 3.8) is 0 Å². The zero-order valence-electron chi connectivity index (χ0n) is 22.4. The quantitative estimate of drug-likeness (QED) is 0.146. The number of aryl methyl sites for hydroxylation is 1. The Morgan fingerprint density at radius 2 is 1.21 bits per heavy atom. The summed E-state index contributed by atoms with van der Waals surface area (Å²) >= 11 is 11.8. The second-order valence-corrected chi connectivity index (χ2v) is 9.65. The number of nitrogens with zero attached hydrogens (tertiary/aromatic N) is 6.